The Bertz CT molecular complexity index is 510. The van der Waals surface area contributed by atoms with Gasteiger partial charge in [0, 0.05) is 11.9 Å². The van der Waals surface area contributed by atoms with Gasteiger partial charge in [-0.2, -0.15) is 0 Å². The number of aryl methyl sites for hydroxylation is 1. The number of halogens is 1. The summed E-state index contributed by atoms with van der Waals surface area (Å²) in [5.74, 6) is 0.549. The molecule has 21 heavy (non-hydrogen) atoms. The maximum Gasteiger partial charge on any atom is 0.217 e. The third-order valence-corrected chi connectivity index (χ3v) is 4.71. The molecule has 1 atom stereocenters. The second-order valence-corrected chi connectivity index (χ2v) is 6.32. The van der Waals surface area contributed by atoms with Crippen LogP contribution in [0.2, 0.25) is 5.02 Å². The molecule has 0 saturated carbocycles. The van der Waals surface area contributed by atoms with Crippen LogP contribution in [0.15, 0.2) is 12.1 Å². The predicted molar refractivity (Wildman–Crippen MR) is 87.9 cm³/mol. The molecule has 0 spiro atoms. The highest BCUT2D eigenvalue weighted by molar-refractivity contribution is 6.31. The van der Waals surface area contributed by atoms with Gasteiger partial charge in [0.25, 0.3) is 0 Å². The van der Waals surface area contributed by atoms with Crippen molar-refractivity contribution in [1.29, 1.82) is 0 Å². The van der Waals surface area contributed by atoms with Crippen LogP contribution in [-0.4, -0.2) is 19.0 Å². The smallest absolute Gasteiger partial charge is 0.217 e. The highest BCUT2D eigenvalue weighted by Crippen LogP contribution is 2.35. The number of nitrogens with one attached hydrogen (secondary N) is 2. The maximum absolute atomic E-state index is 11.5. The third-order valence-electron chi connectivity index (χ3n) is 4.30. The lowest BCUT2D eigenvalue weighted by atomic mass is 9.83. The van der Waals surface area contributed by atoms with Gasteiger partial charge in [0.1, 0.15) is 0 Å². The number of rotatable bonds is 4. The normalized spacial score (nSPS) is 17.5. The van der Waals surface area contributed by atoms with Gasteiger partial charge in [-0.05, 0) is 68.0 Å². The quantitative estimate of drug-likeness (QED) is 0.890. The fraction of sp³-hybridized carbons (Fsp3) is 0.588. The Hall–Kier alpha value is -1.06. The van der Waals surface area contributed by atoms with Crippen LogP contribution in [0.5, 0.6) is 0 Å². The number of benzene rings is 1. The standard InChI is InChI=1S/C17H25ClN2O/c1-4-17(20-12(3)21)15-9-11(2)16(18)10-14(15)13-5-7-19-8-6-13/h9-10,13,17,19H,4-8H2,1-3H3,(H,20,21)/t17-/m0/s1. The molecule has 1 fully saturated rings. The minimum Gasteiger partial charge on any atom is -0.350 e. The Balaban J connectivity index is 2.41. The van der Waals surface area contributed by atoms with Crippen LogP contribution >= 0.6 is 11.6 Å². The van der Waals surface area contributed by atoms with E-state index in [2.05, 4.69) is 29.7 Å². The van der Waals surface area contributed by atoms with Gasteiger partial charge in [0.05, 0.1) is 6.04 Å². The fourth-order valence-corrected chi connectivity index (χ4v) is 3.32. The summed E-state index contributed by atoms with van der Waals surface area (Å²) in [5, 5.41) is 7.30. The lowest BCUT2D eigenvalue weighted by Gasteiger charge is -2.29. The second-order valence-electron chi connectivity index (χ2n) is 5.92. The summed E-state index contributed by atoms with van der Waals surface area (Å²) >= 11 is 6.36. The Morgan fingerprint density at radius 2 is 2.10 bits per heavy atom. The minimum absolute atomic E-state index is 0.0192. The zero-order valence-corrected chi connectivity index (χ0v) is 13.9. The van der Waals surface area contributed by atoms with Crippen molar-refractivity contribution < 1.29 is 4.79 Å². The summed E-state index contributed by atoms with van der Waals surface area (Å²) in [7, 11) is 0. The van der Waals surface area contributed by atoms with E-state index in [4.69, 9.17) is 11.6 Å². The first-order valence-electron chi connectivity index (χ1n) is 7.80. The van der Waals surface area contributed by atoms with Crippen LogP contribution in [0.3, 0.4) is 0 Å². The minimum atomic E-state index is 0.0192. The molecule has 0 radical (unpaired) electrons. The molecule has 1 saturated heterocycles. The monoisotopic (exact) mass is 308 g/mol. The molecule has 3 nitrogen and oxygen atoms in total. The maximum atomic E-state index is 11.5. The van der Waals surface area contributed by atoms with Gasteiger partial charge in [0.15, 0.2) is 0 Å². The van der Waals surface area contributed by atoms with E-state index in [0.29, 0.717) is 5.92 Å². The van der Waals surface area contributed by atoms with Crippen molar-refractivity contribution in [2.24, 2.45) is 0 Å². The van der Waals surface area contributed by atoms with E-state index in [-0.39, 0.29) is 11.9 Å². The van der Waals surface area contributed by atoms with E-state index in [1.54, 1.807) is 6.92 Å². The first-order valence-corrected chi connectivity index (χ1v) is 8.18. The summed E-state index contributed by atoms with van der Waals surface area (Å²) in [5.41, 5.74) is 3.63. The van der Waals surface area contributed by atoms with Gasteiger partial charge < -0.3 is 10.6 Å². The molecule has 0 bridgehead atoms. The van der Waals surface area contributed by atoms with Gasteiger partial charge >= 0.3 is 0 Å². The van der Waals surface area contributed by atoms with Crippen molar-refractivity contribution >= 4 is 17.5 Å². The number of hydrogen-bond donors (Lipinski definition) is 2. The van der Waals surface area contributed by atoms with Crippen LogP contribution in [0.1, 0.15) is 61.8 Å². The molecule has 1 aromatic carbocycles. The van der Waals surface area contributed by atoms with E-state index < -0.39 is 0 Å². The molecule has 0 unspecified atom stereocenters. The third kappa shape index (κ3) is 3.98. The Kier molecular flexibility index (Phi) is 5.65. The van der Waals surface area contributed by atoms with E-state index >= 15 is 0 Å². The molecule has 1 amide bonds. The molecule has 2 rings (SSSR count). The second kappa shape index (κ2) is 7.28. The summed E-state index contributed by atoms with van der Waals surface area (Å²) < 4.78 is 0. The van der Waals surface area contributed by atoms with Gasteiger partial charge in [0.2, 0.25) is 5.91 Å². The van der Waals surface area contributed by atoms with Crippen LogP contribution in [0.4, 0.5) is 0 Å². The van der Waals surface area contributed by atoms with E-state index in [1.165, 1.54) is 11.1 Å². The molecular weight excluding hydrogens is 284 g/mol. The van der Waals surface area contributed by atoms with Crippen LogP contribution in [0.25, 0.3) is 0 Å². The molecule has 1 aliphatic heterocycles. The van der Waals surface area contributed by atoms with Gasteiger partial charge in [-0.1, -0.05) is 24.6 Å². The fourth-order valence-electron chi connectivity index (χ4n) is 3.15. The SMILES string of the molecule is CC[C@H](NC(C)=O)c1cc(C)c(Cl)cc1C1CCNCC1. The Morgan fingerprint density at radius 1 is 1.43 bits per heavy atom. The molecule has 1 heterocycles. The topological polar surface area (TPSA) is 41.1 Å². The van der Waals surface area contributed by atoms with Crippen molar-refractivity contribution in [1.82, 2.24) is 10.6 Å². The number of hydrogen-bond acceptors (Lipinski definition) is 2. The van der Waals surface area contributed by atoms with Crippen LogP contribution < -0.4 is 10.6 Å². The number of amides is 1. The predicted octanol–water partition coefficient (Wildman–Crippen LogP) is 3.70. The van der Waals surface area contributed by atoms with Gasteiger partial charge in [-0.3, -0.25) is 4.79 Å². The van der Waals surface area contributed by atoms with Gasteiger partial charge in [-0.15, -0.1) is 0 Å². The highest BCUT2D eigenvalue weighted by atomic mass is 35.5. The average molecular weight is 309 g/mol. The first kappa shape index (κ1) is 16.3. The van der Waals surface area contributed by atoms with Crippen molar-refractivity contribution in [2.75, 3.05) is 13.1 Å². The molecule has 116 valence electrons. The first-order chi connectivity index (χ1) is 10.0. The molecule has 1 aliphatic rings. The van der Waals surface area contributed by atoms with Crippen LogP contribution in [0, 0.1) is 6.92 Å². The molecule has 0 aliphatic carbocycles. The zero-order chi connectivity index (χ0) is 15.4. The summed E-state index contributed by atoms with van der Waals surface area (Å²) in [6.07, 6.45) is 3.14. The highest BCUT2D eigenvalue weighted by Gasteiger charge is 2.23. The molecule has 2 N–H and O–H groups in total. The zero-order valence-electron chi connectivity index (χ0n) is 13.1. The van der Waals surface area contributed by atoms with Crippen LogP contribution in [-0.2, 0) is 4.79 Å². The lowest BCUT2D eigenvalue weighted by Crippen LogP contribution is -2.30. The number of carbonyl (C=O) groups is 1. The average Bonchev–Trinajstić information content (AvgIpc) is 2.48. The largest absolute Gasteiger partial charge is 0.350 e. The summed E-state index contributed by atoms with van der Waals surface area (Å²) in [6.45, 7) is 7.81. The number of carbonyl (C=O) groups excluding carboxylic acids is 1. The molecule has 1 aromatic rings. The summed E-state index contributed by atoms with van der Waals surface area (Å²) in [4.78, 5) is 11.5. The molecular formula is C17H25ClN2O. The summed E-state index contributed by atoms with van der Waals surface area (Å²) in [6, 6.07) is 4.35. The van der Waals surface area contributed by atoms with Crippen molar-refractivity contribution in [3.05, 3.63) is 33.8 Å². The molecule has 0 aromatic heterocycles. The van der Waals surface area contributed by atoms with E-state index in [0.717, 1.165) is 42.9 Å². The Labute approximate surface area is 132 Å². The van der Waals surface area contributed by atoms with Crippen molar-refractivity contribution in [2.45, 2.75) is 52.0 Å². The molecule has 4 heteroatoms. The van der Waals surface area contributed by atoms with Crippen molar-refractivity contribution in [3.63, 3.8) is 0 Å². The van der Waals surface area contributed by atoms with Crippen molar-refractivity contribution in [3.8, 4) is 0 Å². The lowest BCUT2D eigenvalue weighted by molar-refractivity contribution is -0.119. The van der Waals surface area contributed by atoms with Gasteiger partial charge in [-0.25, -0.2) is 0 Å². The number of piperidine rings is 1. The van der Waals surface area contributed by atoms with E-state index in [9.17, 15) is 4.79 Å². The van der Waals surface area contributed by atoms with E-state index in [1.807, 2.05) is 6.92 Å². The Morgan fingerprint density at radius 3 is 2.67 bits per heavy atom.